The predicted octanol–water partition coefficient (Wildman–Crippen LogP) is -2.55. The number of aromatic amines is 1. The summed E-state index contributed by atoms with van der Waals surface area (Å²) in [5.41, 5.74) is 17.8. The lowest BCUT2D eigenvalue weighted by atomic mass is 10.0. The summed E-state index contributed by atoms with van der Waals surface area (Å²) in [5, 5.41) is 26.1. The van der Waals surface area contributed by atoms with Crippen LogP contribution in [0.1, 0.15) is 24.1 Å². The van der Waals surface area contributed by atoms with Gasteiger partial charge in [0.2, 0.25) is 17.7 Å². The SMILES string of the molecule is NC(N)=NCCCC(NC(=O)C(N)Cc1ccc(O)cc1)C(=O)NCC(=O)NC(Cc1cnc[nH]1)C(=O)O. The predicted molar refractivity (Wildman–Crippen MR) is 136 cm³/mol. The molecule has 0 aliphatic heterocycles. The fourth-order valence-electron chi connectivity index (χ4n) is 3.38. The van der Waals surface area contributed by atoms with Gasteiger partial charge in [-0.1, -0.05) is 12.1 Å². The number of phenolic OH excluding ortho intramolecular Hbond substituents is 1. The van der Waals surface area contributed by atoms with Gasteiger partial charge in [-0.3, -0.25) is 19.4 Å². The Labute approximate surface area is 218 Å². The van der Waals surface area contributed by atoms with Crippen LogP contribution in [0.5, 0.6) is 5.75 Å². The summed E-state index contributed by atoms with van der Waals surface area (Å²) in [6.45, 7) is -0.318. The molecule has 1 aromatic carbocycles. The quantitative estimate of drug-likeness (QED) is 0.0659. The maximum absolute atomic E-state index is 12.8. The molecule has 0 radical (unpaired) electrons. The number of nitrogens with zero attached hydrogens (tertiary/aromatic N) is 2. The summed E-state index contributed by atoms with van der Waals surface area (Å²) in [4.78, 5) is 59.7. The van der Waals surface area contributed by atoms with Gasteiger partial charge in [-0.25, -0.2) is 9.78 Å². The Morgan fingerprint density at radius 3 is 2.34 bits per heavy atom. The number of imidazole rings is 1. The molecule has 2 rings (SSSR count). The number of carbonyl (C=O) groups excluding carboxylic acids is 3. The van der Waals surface area contributed by atoms with Gasteiger partial charge < -0.3 is 48.3 Å². The van der Waals surface area contributed by atoms with E-state index in [0.29, 0.717) is 17.7 Å². The summed E-state index contributed by atoms with van der Waals surface area (Å²) in [7, 11) is 0. The molecule has 15 heteroatoms. The number of nitrogens with one attached hydrogen (secondary N) is 4. The first-order valence-electron chi connectivity index (χ1n) is 11.7. The molecule has 0 bridgehead atoms. The maximum atomic E-state index is 12.8. The third-order valence-corrected chi connectivity index (χ3v) is 5.34. The number of amides is 3. The van der Waals surface area contributed by atoms with E-state index >= 15 is 0 Å². The van der Waals surface area contributed by atoms with Crippen molar-refractivity contribution in [2.45, 2.75) is 43.8 Å². The summed E-state index contributed by atoms with van der Waals surface area (Å²) in [6, 6.07) is 2.89. The van der Waals surface area contributed by atoms with Crippen LogP contribution in [0, 0.1) is 0 Å². The maximum Gasteiger partial charge on any atom is 0.326 e. The van der Waals surface area contributed by atoms with E-state index in [2.05, 4.69) is 30.9 Å². The van der Waals surface area contributed by atoms with Crippen LogP contribution in [-0.2, 0) is 32.0 Å². The zero-order chi connectivity index (χ0) is 28.1. The zero-order valence-electron chi connectivity index (χ0n) is 20.6. The van der Waals surface area contributed by atoms with Crippen molar-refractivity contribution < 1.29 is 29.4 Å². The third-order valence-electron chi connectivity index (χ3n) is 5.34. The van der Waals surface area contributed by atoms with Crippen molar-refractivity contribution in [3.05, 3.63) is 48.0 Å². The molecule has 1 heterocycles. The Kier molecular flexibility index (Phi) is 11.5. The van der Waals surface area contributed by atoms with E-state index in [1.54, 1.807) is 12.1 Å². The minimum absolute atomic E-state index is 0.0303. The summed E-state index contributed by atoms with van der Waals surface area (Å²) >= 11 is 0. The molecule has 3 unspecified atom stereocenters. The number of phenols is 1. The van der Waals surface area contributed by atoms with Crippen LogP contribution in [0.15, 0.2) is 41.8 Å². The first kappa shape index (κ1) is 29.6. The Morgan fingerprint density at radius 1 is 1.03 bits per heavy atom. The number of carboxylic acids is 1. The monoisotopic (exact) mass is 531 g/mol. The highest BCUT2D eigenvalue weighted by molar-refractivity contribution is 5.92. The normalized spacial score (nSPS) is 13.0. The molecule has 0 aliphatic rings. The molecule has 0 saturated carbocycles. The largest absolute Gasteiger partial charge is 0.508 e. The van der Waals surface area contributed by atoms with Gasteiger partial charge in [0.15, 0.2) is 5.96 Å². The van der Waals surface area contributed by atoms with Crippen molar-refractivity contribution in [2.75, 3.05) is 13.1 Å². The number of carboxylic acid groups (broad SMARTS) is 1. The molecule has 3 atom stereocenters. The highest BCUT2D eigenvalue weighted by Crippen LogP contribution is 2.11. The number of aromatic nitrogens is 2. The number of carbonyl (C=O) groups is 4. The number of nitrogens with two attached hydrogens (primary N) is 3. The minimum Gasteiger partial charge on any atom is -0.508 e. The minimum atomic E-state index is -1.26. The molecular formula is C23H33N9O6. The van der Waals surface area contributed by atoms with Crippen LogP contribution < -0.4 is 33.2 Å². The number of rotatable bonds is 15. The average Bonchev–Trinajstić information content (AvgIpc) is 3.38. The molecule has 15 nitrogen and oxygen atoms in total. The van der Waals surface area contributed by atoms with E-state index in [0.717, 1.165) is 0 Å². The van der Waals surface area contributed by atoms with E-state index in [9.17, 15) is 29.4 Å². The van der Waals surface area contributed by atoms with Gasteiger partial charge in [-0.2, -0.15) is 0 Å². The smallest absolute Gasteiger partial charge is 0.326 e. The Hall–Kier alpha value is -4.66. The summed E-state index contributed by atoms with van der Waals surface area (Å²) in [5.74, 6) is -3.31. The van der Waals surface area contributed by atoms with Gasteiger partial charge in [0.1, 0.15) is 17.8 Å². The number of hydrogen-bond donors (Lipinski definition) is 9. The highest BCUT2D eigenvalue weighted by Gasteiger charge is 2.25. The van der Waals surface area contributed by atoms with Crippen LogP contribution in [0.3, 0.4) is 0 Å². The van der Waals surface area contributed by atoms with Crippen molar-refractivity contribution >= 4 is 29.7 Å². The lowest BCUT2D eigenvalue weighted by molar-refractivity contribution is -0.141. The fraction of sp³-hybridized carbons (Fsp3) is 0.391. The standard InChI is InChI=1S/C23H33N9O6/c24-16(8-13-3-5-15(33)6-4-13)20(35)32-17(2-1-7-28-23(25)26)21(36)29-11-19(34)31-18(22(37)38)9-14-10-27-12-30-14/h3-6,10,12,16-18,33H,1-2,7-9,11,24H2,(H,27,30)(H,29,36)(H,31,34)(H,32,35)(H,37,38)(H4,25,26,28). The third kappa shape index (κ3) is 10.5. The van der Waals surface area contributed by atoms with E-state index in [4.69, 9.17) is 17.2 Å². The second-order valence-electron chi connectivity index (χ2n) is 8.44. The Morgan fingerprint density at radius 2 is 1.74 bits per heavy atom. The molecule has 12 N–H and O–H groups in total. The number of aliphatic carboxylic acids is 1. The van der Waals surface area contributed by atoms with E-state index in [1.807, 2.05) is 0 Å². The number of aliphatic imine (C=N–C) groups is 1. The summed E-state index contributed by atoms with van der Waals surface area (Å²) in [6.07, 6.45) is 3.42. The Balaban J connectivity index is 1.96. The molecule has 0 aliphatic carbocycles. The highest BCUT2D eigenvalue weighted by atomic mass is 16.4. The molecule has 2 aromatic rings. The van der Waals surface area contributed by atoms with Crippen molar-refractivity contribution in [1.29, 1.82) is 0 Å². The lowest BCUT2D eigenvalue weighted by Crippen LogP contribution is -2.54. The average molecular weight is 532 g/mol. The van der Waals surface area contributed by atoms with Gasteiger partial charge in [0.05, 0.1) is 18.9 Å². The number of benzene rings is 1. The Bertz CT molecular complexity index is 1100. The molecule has 1 aromatic heterocycles. The molecular weight excluding hydrogens is 498 g/mol. The van der Waals surface area contributed by atoms with E-state index in [-0.39, 0.29) is 37.5 Å². The van der Waals surface area contributed by atoms with Gasteiger partial charge in [0, 0.05) is 24.9 Å². The van der Waals surface area contributed by atoms with Crippen LogP contribution in [-0.4, -0.2) is 81.0 Å². The van der Waals surface area contributed by atoms with Crippen LogP contribution in [0.4, 0.5) is 0 Å². The second-order valence-corrected chi connectivity index (χ2v) is 8.44. The molecule has 0 fully saturated rings. The van der Waals surface area contributed by atoms with Gasteiger partial charge >= 0.3 is 5.97 Å². The van der Waals surface area contributed by atoms with Gasteiger partial charge in [0.25, 0.3) is 0 Å². The second kappa shape index (κ2) is 14.8. The van der Waals surface area contributed by atoms with Crippen molar-refractivity contribution in [2.24, 2.45) is 22.2 Å². The van der Waals surface area contributed by atoms with Crippen molar-refractivity contribution in [1.82, 2.24) is 25.9 Å². The fourth-order valence-corrected chi connectivity index (χ4v) is 3.38. The topological polar surface area (TPSA) is 264 Å². The molecule has 3 amide bonds. The van der Waals surface area contributed by atoms with Crippen molar-refractivity contribution in [3.8, 4) is 5.75 Å². The van der Waals surface area contributed by atoms with Gasteiger partial charge in [-0.05, 0) is 37.0 Å². The molecule has 0 spiro atoms. The number of H-pyrrole nitrogens is 1. The first-order chi connectivity index (χ1) is 18.0. The summed E-state index contributed by atoms with van der Waals surface area (Å²) < 4.78 is 0. The van der Waals surface area contributed by atoms with Crippen LogP contribution >= 0.6 is 0 Å². The zero-order valence-corrected chi connectivity index (χ0v) is 20.6. The molecule has 38 heavy (non-hydrogen) atoms. The van der Waals surface area contributed by atoms with Crippen LogP contribution in [0.2, 0.25) is 0 Å². The first-order valence-corrected chi connectivity index (χ1v) is 11.7. The van der Waals surface area contributed by atoms with Crippen molar-refractivity contribution in [3.63, 3.8) is 0 Å². The van der Waals surface area contributed by atoms with E-state index in [1.165, 1.54) is 24.7 Å². The number of guanidine groups is 1. The molecule has 206 valence electrons. The molecule has 0 saturated heterocycles. The van der Waals surface area contributed by atoms with E-state index < -0.39 is 48.4 Å². The lowest BCUT2D eigenvalue weighted by Gasteiger charge is -2.21. The van der Waals surface area contributed by atoms with Gasteiger partial charge in [-0.15, -0.1) is 0 Å². The van der Waals surface area contributed by atoms with Crippen LogP contribution in [0.25, 0.3) is 0 Å². The number of hydrogen-bond acceptors (Lipinski definition) is 8. The number of aromatic hydroxyl groups is 1.